The van der Waals surface area contributed by atoms with Crippen LogP contribution in [-0.4, -0.2) is 25.1 Å². The second-order valence-corrected chi connectivity index (χ2v) is 7.00. The largest absolute Gasteiger partial charge is 0.493 e. The lowest BCUT2D eigenvalue weighted by molar-refractivity contribution is -0.120. The number of pyridine rings is 1. The molecular formula is C24H26N2O3. The Kier molecular flexibility index (Phi) is 6.50. The summed E-state index contributed by atoms with van der Waals surface area (Å²) in [5.41, 5.74) is 5.23. The van der Waals surface area contributed by atoms with Crippen molar-refractivity contribution in [3.8, 4) is 11.5 Å². The van der Waals surface area contributed by atoms with E-state index in [1.807, 2.05) is 30.3 Å². The third-order valence-corrected chi connectivity index (χ3v) is 5.00. The average molecular weight is 390 g/mol. The van der Waals surface area contributed by atoms with Gasteiger partial charge in [-0.05, 0) is 59.9 Å². The van der Waals surface area contributed by atoms with Crippen LogP contribution in [0.5, 0.6) is 11.5 Å². The molecule has 3 aromatic rings. The molecule has 2 aromatic carbocycles. The highest BCUT2D eigenvalue weighted by Gasteiger charge is 2.18. The summed E-state index contributed by atoms with van der Waals surface area (Å²) in [6, 6.07) is 15.3. The first kappa shape index (κ1) is 20.4. The van der Waals surface area contributed by atoms with Crippen LogP contribution in [0.1, 0.15) is 33.9 Å². The summed E-state index contributed by atoms with van der Waals surface area (Å²) in [6.45, 7) is 4.15. The van der Waals surface area contributed by atoms with Gasteiger partial charge >= 0.3 is 0 Å². The topological polar surface area (TPSA) is 60.5 Å². The van der Waals surface area contributed by atoms with Gasteiger partial charge in [-0.25, -0.2) is 0 Å². The van der Waals surface area contributed by atoms with Crippen LogP contribution in [0.2, 0.25) is 0 Å². The molecule has 0 fully saturated rings. The third-order valence-electron chi connectivity index (χ3n) is 5.00. The molecule has 0 bridgehead atoms. The Morgan fingerprint density at radius 1 is 0.966 bits per heavy atom. The van der Waals surface area contributed by atoms with Crippen molar-refractivity contribution in [2.24, 2.45) is 0 Å². The van der Waals surface area contributed by atoms with Crippen LogP contribution in [0.3, 0.4) is 0 Å². The number of aryl methyl sites for hydroxylation is 2. The van der Waals surface area contributed by atoms with Crippen molar-refractivity contribution in [1.29, 1.82) is 0 Å². The molecule has 3 rings (SSSR count). The normalized spacial score (nSPS) is 11.6. The Morgan fingerprint density at radius 2 is 1.76 bits per heavy atom. The summed E-state index contributed by atoms with van der Waals surface area (Å²) in [5, 5.41) is 3.16. The maximum absolute atomic E-state index is 12.9. The number of nitrogens with one attached hydrogen (secondary N) is 1. The molecule has 1 N–H and O–H groups in total. The van der Waals surface area contributed by atoms with E-state index in [9.17, 15) is 4.79 Å². The summed E-state index contributed by atoms with van der Waals surface area (Å²) in [5.74, 6) is 1.17. The van der Waals surface area contributed by atoms with Crippen LogP contribution in [-0.2, 0) is 11.2 Å². The van der Waals surface area contributed by atoms with Crippen molar-refractivity contribution in [3.63, 3.8) is 0 Å². The number of ether oxygens (including phenoxy) is 2. The van der Waals surface area contributed by atoms with Gasteiger partial charge in [-0.15, -0.1) is 0 Å². The molecular weight excluding hydrogens is 364 g/mol. The van der Waals surface area contributed by atoms with Gasteiger partial charge in [-0.1, -0.05) is 30.3 Å². The third kappa shape index (κ3) is 4.93. The lowest BCUT2D eigenvalue weighted by Gasteiger charge is -2.21. The second kappa shape index (κ2) is 9.24. The van der Waals surface area contributed by atoms with E-state index >= 15 is 0 Å². The van der Waals surface area contributed by atoms with Gasteiger partial charge in [-0.3, -0.25) is 9.78 Å². The molecule has 0 saturated heterocycles. The van der Waals surface area contributed by atoms with E-state index in [1.54, 1.807) is 26.6 Å². The quantitative estimate of drug-likeness (QED) is 0.658. The Morgan fingerprint density at radius 3 is 2.41 bits per heavy atom. The number of hydrogen-bond acceptors (Lipinski definition) is 4. The van der Waals surface area contributed by atoms with Crippen molar-refractivity contribution in [1.82, 2.24) is 10.3 Å². The second-order valence-electron chi connectivity index (χ2n) is 7.00. The molecule has 0 unspecified atom stereocenters. The first-order chi connectivity index (χ1) is 14.0. The summed E-state index contributed by atoms with van der Waals surface area (Å²) in [6.07, 6.45) is 3.75. The predicted octanol–water partition coefficient (Wildman–Crippen LogP) is 4.16. The molecule has 1 aromatic heterocycles. The fourth-order valence-corrected chi connectivity index (χ4v) is 3.24. The van der Waals surface area contributed by atoms with Crippen molar-refractivity contribution in [2.75, 3.05) is 14.2 Å². The van der Waals surface area contributed by atoms with E-state index in [0.717, 1.165) is 16.7 Å². The molecule has 29 heavy (non-hydrogen) atoms. The minimum atomic E-state index is -0.268. The SMILES string of the molecule is COc1ccc(CC(=O)N[C@H](c2cccnc2)c2ccc(C)c(C)c2)cc1OC. The Balaban J connectivity index is 1.84. The van der Waals surface area contributed by atoms with Crippen molar-refractivity contribution < 1.29 is 14.3 Å². The fourth-order valence-electron chi connectivity index (χ4n) is 3.24. The molecule has 0 spiro atoms. The van der Waals surface area contributed by atoms with Gasteiger partial charge in [0.05, 0.1) is 26.7 Å². The van der Waals surface area contributed by atoms with Gasteiger partial charge in [0.15, 0.2) is 11.5 Å². The number of aromatic nitrogens is 1. The molecule has 150 valence electrons. The lowest BCUT2D eigenvalue weighted by Crippen LogP contribution is -2.30. The predicted molar refractivity (Wildman–Crippen MR) is 113 cm³/mol. The Labute approximate surface area is 171 Å². The van der Waals surface area contributed by atoms with Gasteiger partial charge in [0.25, 0.3) is 0 Å². The van der Waals surface area contributed by atoms with Crippen LogP contribution in [0.15, 0.2) is 60.9 Å². The number of amides is 1. The van der Waals surface area contributed by atoms with E-state index in [1.165, 1.54) is 11.1 Å². The minimum Gasteiger partial charge on any atom is -0.493 e. The molecule has 5 heteroatoms. The Hall–Kier alpha value is -3.34. The van der Waals surface area contributed by atoms with E-state index in [2.05, 4.69) is 42.3 Å². The van der Waals surface area contributed by atoms with Gasteiger partial charge in [-0.2, -0.15) is 0 Å². The standard InChI is InChI=1S/C24H26N2O3/c1-16-7-9-19(12-17(16)2)24(20-6-5-11-25-15-20)26-23(27)14-18-8-10-21(28-3)22(13-18)29-4/h5-13,15,24H,14H2,1-4H3,(H,26,27)/t24-/m0/s1. The van der Waals surface area contributed by atoms with Crippen molar-refractivity contribution in [2.45, 2.75) is 26.3 Å². The fraction of sp³-hybridized carbons (Fsp3) is 0.250. The maximum atomic E-state index is 12.9. The van der Waals surface area contributed by atoms with Gasteiger partial charge in [0, 0.05) is 12.4 Å². The molecule has 5 nitrogen and oxygen atoms in total. The summed E-state index contributed by atoms with van der Waals surface area (Å²) < 4.78 is 10.6. The number of nitrogens with zero attached hydrogens (tertiary/aromatic N) is 1. The Bertz CT molecular complexity index is 987. The zero-order valence-corrected chi connectivity index (χ0v) is 17.2. The van der Waals surface area contributed by atoms with Gasteiger partial charge in [0.1, 0.15) is 0 Å². The van der Waals surface area contributed by atoms with E-state index in [0.29, 0.717) is 11.5 Å². The average Bonchev–Trinajstić information content (AvgIpc) is 2.74. The van der Waals surface area contributed by atoms with Crippen LogP contribution < -0.4 is 14.8 Å². The summed E-state index contributed by atoms with van der Waals surface area (Å²) in [7, 11) is 3.17. The van der Waals surface area contributed by atoms with Crippen molar-refractivity contribution in [3.05, 3.63) is 88.7 Å². The van der Waals surface area contributed by atoms with Crippen LogP contribution >= 0.6 is 0 Å². The first-order valence-electron chi connectivity index (χ1n) is 9.49. The van der Waals surface area contributed by atoms with E-state index < -0.39 is 0 Å². The molecule has 0 aliphatic carbocycles. The lowest BCUT2D eigenvalue weighted by atomic mass is 9.96. The molecule has 1 heterocycles. The van der Waals surface area contributed by atoms with E-state index in [-0.39, 0.29) is 18.4 Å². The highest BCUT2D eigenvalue weighted by atomic mass is 16.5. The molecule has 0 radical (unpaired) electrons. The smallest absolute Gasteiger partial charge is 0.225 e. The highest BCUT2D eigenvalue weighted by Crippen LogP contribution is 2.28. The van der Waals surface area contributed by atoms with Crippen LogP contribution in [0.4, 0.5) is 0 Å². The number of hydrogen-bond donors (Lipinski definition) is 1. The molecule has 0 saturated carbocycles. The van der Waals surface area contributed by atoms with Crippen molar-refractivity contribution >= 4 is 5.91 Å². The zero-order valence-electron chi connectivity index (χ0n) is 17.2. The number of benzene rings is 2. The summed E-state index contributed by atoms with van der Waals surface area (Å²) in [4.78, 5) is 17.1. The maximum Gasteiger partial charge on any atom is 0.225 e. The molecule has 0 aliphatic heterocycles. The number of carbonyl (C=O) groups excluding carboxylic acids is 1. The number of carbonyl (C=O) groups is 1. The zero-order chi connectivity index (χ0) is 20.8. The molecule has 1 amide bonds. The number of methoxy groups -OCH3 is 2. The number of rotatable bonds is 7. The van der Waals surface area contributed by atoms with Crippen LogP contribution in [0, 0.1) is 13.8 Å². The molecule has 0 aliphatic rings. The summed E-state index contributed by atoms with van der Waals surface area (Å²) >= 11 is 0. The van der Waals surface area contributed by atoms with E-state index in [4.69, 9.17) is 9.47 Å². The molecule has 1 atom stereocenters. The van der Waals surface area contributed by atoms with Gasteiger partial charge in [0.2, 0.25) is 5.91 Å². The van der Waals surface area contributed by atoms with Gasteiger partial charge < -0.3 is 14.8 Å². The highest BCUT2D eigenvalue weighted by molar-refractivity contribution is 5.79. The van der Waals surface area contributed by atoms with Crippen LogP contribution in [0.25, 0.3) is 0 Å². The monoisotopic (exact) mass is 390 g/mol. The first-order valence-corrected chi connectivity index (χ1v) is 9.49. The minimum absolute atomic E-state index is 0.0794.